The summed E-state index contributed by atoms with van der Waals surface area (Å²) in [6.45, 7) is 6.14. The molecule has 3 rings (SSSR count). The van der Waals surface area contributed by atoms with Crippen molar-refractivity contribution in [3.63, 3.8) is 0 Å². The van der Waals surface area contributed by atoms with Gasteiger partial charge in [-0.25, -0.2) is 4.98 Å². The maximum absolute atomic E-state index is 9.44. The molecule has 9 nitrogen and oxygen atoms in total. The van der Waals surface area contributed by atoms with Gasteiger partial charge in [-0.3, -0.25) is 0 Å². The minimum Gasteiger partial charge on any atom is -0.394 e. The molecule has 9 heteroatoms. The second-order valence-corrected chi connectivity index (χ2v) is 6.00. The summed E-state index contributed by atoms with van der Waals surface area (Å²) < 4.78 is 1.98. The first kappa shape index (κ1) is 17.0. The molecule has 1 atom stereocenters. The second kappa shape index (κ2) is 7.39. The van der Waals surface area contributed by atoms with Crippen molar-refractivity contribution < 1.29 is 5.11 Å². The third kappa shape index (κ3) is 3.66. The van der Waals surface area contributed by atoms with Crippen molar-refractivity contribution in [1.29, 1.82) is 0 Å². The van der Waals surface area contributed by atoms with Crippen LogP contribution in [0.1, 0.15) is 33.2 Å². The number of hydrogen-bond acceptors (Lipinski definition) is 8. The Hall–Kier alpha value is -2.81. The van der Waals surface area contributed by atoms with Gasteiger partial charge in [0.1, 0.15) is 0 Å². The lowest BCUT2D eigenvalue weighted by Gasteiger charge is -2.16. The summed E-state index contributed by atoms with van der Waals surface area (Å²) >= 11 is 0. The molecule has 0 aliphatic carbocycles. The van der Waals surface area contributed by atoms with Gasteiger partial charge in [0.2, 0.25) is 5.95 Å². The number of aromatic nitrogens is 6. The molecule has 0 saturated heterocycles. The number of nitrogens with zero attached hydrogens (tertiary/aromatic N) is 6. The van der Waals surface area contributed by atoms with Crippen LogP contribution < -0.4 is 10.6 Å². The maximum Gasteiger partial charge on any atom is 0.227 e. The van der Waals surface area contributed by atoms with Gasteiger partial charge in [0.05, 0.1) is 37.1 Å². The zero-order chi connectivity index (χ0) is 17.8. The molecule has 3 aromatic rings. The van der Waals surface area contributed by atoms with Crippen molar-refractivity contribution in [3.8, 4) is 0 Å². The first-order valence-corrected chi connectivity index (χ1v) is 8.28. The Kier molecular flexibility index (Phi) is 5.03. The third-order valence-electron chi connectivity index (χ3n) is 3.87. The molecule has 0 radical (unpaired) electrons. The van der Waals surface area contributed by atoms with Gasteiger partial charge in [-0.2, -0.15) is 20.2 Å². The molecule has 3 N–H and O–H groups in total. The maximum atomic E-state index is 9.44. The monoisotopic (exact) mass is 342 g/mol. The molecular weight excluding hydrogens is 320 g/mol. The van der Waals surface area contributed by atoms with Crippen LogP contribution in [-0.2, 0) is 0 Å². The van der Waals surface area contributed by atoms with Crippen LogP contribution in [0.25, 0.3) is 11.2 Å². The van der Waals surface area contributed by atoms with Gasteiger partial charge in [-0.15, -0.1) is 0 Å². The van der Waals surface area contributed by atoms with Gasteiger partial charge >= 0.3 is 0 Å². The van der Waals surface area contributed by atoms with Crippen LogP contribution in [0.4, 0.5) is 17.5 Å². The van der Waals surface area contributed by atoms with Crippen molar-refractivity contribution in [1.82, 2.24) is 29.7 Å². The molecule has 132 valence electrons. The Balaban J connectivity index is 2.06. The summed E-state index contributed by atoms with van der Waals surface area (Å²) in [7, 11) is 0. The van der Waals surface area contributed by atoms with Crippen molar-refractivity contribution in [2.75, 3.05) is 17.2 Å². The van der Waals surface area contributed by atoms with E-state index in [0.717, 1.165) is 17.8 Å². The number of rotatable bonds is 7. The fourth-order valence-electron chi connectivity index (χ4n) is 2.41. The van der Waals surface area contributed by atoms with Crippen LogP contribution in [0.2, 0.25) is 0 Å². The number of aliphatic hydroxyl groups excluding tert-OH is 1. The summed E-state index contributed by atoms with van der Waals surface area (Å²) in [6, 6.07) is 1.90. The fourth-order valence-corrected chi connectivity index (χ4v) is 2.41. The number of hydrogen-bond donors (Lipinski definition) is 3. The molecule has 0 aliphatic heterocycles. The molecule has 0 amide bonds. The molecule has 25 heavy (non-hydrogen) atoms. The lowest BCUT2D eigenvalue weighted by Crippen LogP contribution is -2.24. The largest absolute Gasteiger partial charge is 0.394 e. The molecule has 0 spiro atoms. The van der Waals surface area contributed by atoms with Crippen molar-refractivity contribution in [3.05, 3.63) is 24.8 Å². The summed E-state index contributed by atoms with van der Waals surface area (Å²) in [5, 5.41) is 23.5. The minimum atomic E-state index is -0.108. The predicted octanol–water partition coefficient (Wildman–Crippen LogP) is 2.12. The van der Waals surface area contributed by atoms with Crippen LogP contribution in [0.5, 0.6) is 0 Å². The van der Waals surface area contributed by atoms with Gasteiger partial charge < -0.3 is 20.3 Å². The van der Waals surface area contributed by atoms with Crippen LogP contribution >= 0.6 is 0 Å². The van der Waals surface area contributed by atoms with E-state index in [0.29, 0.717) is 17.3 Å². The average molecular weight is 342 g/mol. The molecular formula is C16H22N8O. The number of anilines is 3. The summed E-state index contributed by atoms with van der Waals surface area (Å²) in [4.78, 5) is 13.6. The lowest BCUT2D eigenvalue weighted by molar-refractivity contribution is 0.271. The third-order valence-corrected chi connectivity index (χ3v) is 3.87. The van der Waals surface area contributed by atoms with E-state index in [2.05, 4.69) is 49.6 Å². The van der Waals surface area contributed by atoms with Crippen LogP contribution in [0, 0.1) is 0 Å². The zero-order valence-corrected chi connectivity index (χ0v) is 14.5. The summed E-state index contributed by atoms with van der Waals surface area (Å²) in [5.41, 5.74) is 2.16. The van der Waals surface area contributed by atoms with E-state index in [1.165, 1.54) is 0 Å². The molecule has 0 saturated carbocycles. The Labute approximate surface area is 145 Å². The highest BCUT2D eigenvalue weighted by molar-refractivity contribution is 5.86. The Bertz CT molecular complexity index is 829. The van der Waals surface area contributed by atoms with E-state index in [-0.39, 0.29) is 18.7 Å². The number of nitrogens with one attached hydrogen (secondary N) is 2. The first-order valence-electron chi connectivity index (χ1n) is 8.28. The Morgan fingerprint density at radius 2 is 2.08 bits per heavy atom. The minimum absolute atomic E-state index is 0.0123. The van der Waals surface area contributed by atoms with E-state index >= 15 is 0 Å². The van der Waals surface area contributed by atoms with Crippen LogP contribution in [-0.4, -0.2) is 47.5 Å². The lowest BCUT2D eigenvalue weighted by atomic mass is 10.2. The van der Waals surface area contributed by atoms with Gasteiger partial charge in [0.25, 0.3) is 0 Å². The highest BCUT2D eigenvalue weighted by Gasteiger charge is 2.16. The zero-order valence-electron chi connectivity index (χ0n) is 14.5. The van der Waals surface area contributed by atoms with E-state index in [1.807, 2.05) is 11.5 Å². The molecule has 0 unspecified atom stereocenters. The van der Waals surface area contributed by atoms with Crippen LogP contribution in [0.3, 0.4) is 0 Å². The van der Waals surface area contributed by atoms with E-state index in [4.69, 9.17) is 0 Å². The van der Waals surface area contributed by atoms with Gasteiger partial charge in [-0.1, -0.05) is 6.92 Å². The van der Waals surface area contributed by atoms with E-state index < -0.39 is 0 Å². The standard InChI is InChI=1S/C16H22N8O/c1-4-11(8-25)21-16-22-14(20-12-5-6-18-19-7-12)13-15(23-16)24(9-17-13)10(2)3/h5-7,9-11,25H,4,8H2,1-3H3,(H2,18,20,21,22,23)/t11-/m1/s1. The second-order valence-electron chi connectivity index (χ2n) is 6.00. The number of fused-ring (bicyclic) bond motifs is 1. The fraction of sp³-hybridized carbons (Fsp3) is 0.438. The highest BCUT2D eigenvalue weighted by atomic mass is 16.3. The topological polar surface area (TPSA) is 114 Å². The number of aliphatic hydroxyl groups is 1. The van der Waals surface area contributed by atoms with Crippen molar-refractivity contribution in [2.24, 2.45) is 0 Å². The van der Waals surface area contributed by atoms with E-state index in [9.17, 15) is 5.11 Å². The molecule has 0 bridgehead atoms. The first-order chi connectivity index (χ1) is 12.1. The summed E-state index contributed by atoms with van der Waals surface area (Å²) in [5.74, 6) is 1.02. The molecule has 3 aromatic heterocycles. The van der Waals surface area contributed by atoms with E-state index in [1.54, 1.807) is 24.8 Å². The Morgan fingerprint density at radius 3 is 2.72 bits per heavy atom. The molecule has 0 aromatic carbocycles. The SMILES string of the molecule is CC[C@H](CO)Nc1nc(Nc2ccnnc2)c2ncn(C(C)C)c2n1. The van der Waals surface area contributed by atoms with Crippen molar-refractivity contribution >= 4 is 28.6 Å². The van der Waals surface area contributed by atoms with Crippen molar-refractivity contribution in [2.45, 2.75) is 39.3 Å². The average Bonchev–Trinajstić information content (AvgIpc) is 3.05. The summed E-state index contributed by atoms with van der Waals surface area (Å²) in [6.07, 6.45) is 5.74. The van der Waals surface area contributed by atoms with Gasteiger partial charge in [0.15, 0.2) is 17.0 Å². The smallest absolute Gasteiger partial charge is 0.227 e. The van der Waals surface area contributed by atoms with Crippen LogP contribution in [0.15, 0.2) is 24.8 Å². The number of imidazole rings is 1. The van der Waals surface area contributed by atoms with Gasteiger partial charge in [0, 0.05) is 6.04 Å². The molecule has 3 heterocycles. The van der Waals surface area contributed by atoms with Gasteiger partial charge in [-0.05, 0) is 26.3 Å². The quantitative estimate of drug-likeness (QED) is 0.598. The Morgan fingerprint density at radius 1 is 1.24 bits per heavy atom. The highest BCUT2D eigenvalue weighted by Crippen LogP contribution is 2.25. The molecule has 0 aliphatic rings. The molecule has 0 fully saturated rings. The normalized spacial score (nSPS) is 12.5. The predicted molar refractivity (Wildman–Crippen MR) is 95.8 cm³/mol.